The number of hydrogen-bond donors (Lipinski definition) is 0. The Morgan fingerprint density at radius 3 is 2.70 bits per heavy atom. The lowest BCUT2D eigenvalue weighted by Crippen LogP contribution is -2.15. The lowest BCUT2D eigenvalue weighted by molar-refractivity contribution is 0.0361. The maximum atomic E-state index is 11.5. The molecule has 0 saturated carbocycles. The molecule has 0 aromatic rings. The molecule has 0 aromatic carbocycles. The van der Waals surface area contributed by atoms with Crippen molar-refractivity contribution in [3.05, 3.63) is 21.2 Å². The highest BCUT2D eigenvalue weighted by Gasteiger charge is 2.35. The van der Waals surface area contributed by atoms with E-state index in [0.717, 1.165) is 49.0 Å². The number of ether oxygens (including phenoxy) is 1. The fraction of sp³-hybridized carbons (Fsp3) is 0.647. The fourth-order valence-corrected chi connectivity index (χ4v) is 3.70. The molecule has 0 bridgehead atoms. The Labute approximate surface area is 147 Å². The monoisotopic (exact) mass is 359 g/mol. The molecule has 6 heteroatoms. The van der Waals surface area contributed by atoms with Crippen LogP contribution in [0.3, 0.4) is 0 Å². The van der Waals surface area contributed by atoms with E-state index in [4.69, 9.17) is 32.8 Å². The van der Waals surface area contributed by atoms with Crippen molar-refractivity contribution in [3.8, 4) is 0 Å². The highest BCUT2D eigenvalue weighted by molar-refractivity contribution is 6.56. The van der Waals surface area contributed by atoms with E-state index in [9.17, 15) is 4.79 Å². The molecule has 0 heterocycles. The van der Waals surface area contributed by atoms with Gasteiger partial charge in [0.25, 0.3) is 0 Å². The third kappa shape index (κ3) is 4.51. The predicted octanol–water partition coefficient (Wildman–Crippen LogP) is 5.89. The molecule has 4 nitrogen and oxygen atoms in total. The number of carbonyl (C=O) groups is 1. The van der Waals surface area contributed by atoms with Crippen LogP contribution in [0.2, 0.25) is 0 Å². The molecule has 1 atom stereocenters. The van der Waals surface area contributed by atoms with Crippen molar-refractivity contribution >= 4 is 35.1 Å². The molecule has 0 radical (unpaired) electrons. The first-order valence-electron chi connectivity index (χ1n) is 8.14. The van der Waals surface area contributed by atoms with Gasteiger partial charge in [-0.3, -0.25) is 4.84 Å². The van der Waals surface area contributed by atoms with Crippen LogP contribution in [0, 0.1) is 5.92 Å². The van der Waals surface area contributed by atoms with E-state index in [2.05, 4.69) is 12.1 Å². The molecule has 0 aliphatic heterocycles. The molecule has 0 N–H and O–H groups in total. The van der Waals surface area contributed by atoms with Crippen LogP contribution in [0.25, 0.3) is 0 Å². The normalized spacial score (nSPS) is 22.6. The Hall–Kier alpha value is -1.00. The Balaban J connectivity index is 2.21. The Morgan fingerprint density at radius 2 is 2.09 bits per heavy atom. The van der Waals surface area contributed by atoms with Crippen molar-refractivity contribution in [2.24, 2.45) is 11.1 Å². The average Bonchev–Trinajstić information content (AvgIpc) is 2.84. The van der Waals surface area contributed by atoms with Gasteiger partial charge in [0.15, 0.2) is 0 Å². The summed E-state index contributed by atoms with van der Waals surface area (Å²) >= 11 is 12.2. The molecule has 2 aliphatic rings. The molecular weight excluding hydrogens is 337 g/mol. The molecule has 0 saturated heterocycles. The van der Waals surface area contributed by atoms with Gasteiger partial charge in [-0.2, -0.15) is 0 Å². The number of halogens is 2. The lowest BCUT2D eigenvalue weighted by Gasteiger charge is -2.20. The number of oxime groups is 1. The van der Waals surface area contributed by atoms with Gasteiger partial charge in [-0.15, -0.1) is 0 Å². The van der Waals surface area contributed by atoms with Gasteiger partial charge in [-0.1, -0.05) is 47.3 Å². The van der Waals surface area contributed by atoms with E-state index in [-0.39, 0.29) is 6.10 Å². The topological polar surface area (TPSA) is 47.9 Å². The molecule has 0 amide bonds. The summed E-state index contributed by atoms with van der Waals surface area (Å²) in [7, 11) is 0. The smallest absolute Gasteiger partial charge is 0.430 e. The molecule has 0 fully saturated rings. The highest BCUT2D eigenvalue weighted by Crippen LogP contribution is 2.47. The average molecular weight is 360 g/mol. The van der Waals surface area contributed by atoms with E-state index in [1.54, 1.807) is 13.8 Å². The van der Waals surface area contributed by atoms with Crippen molar-refractivity contribution in [3.63, 3.8) is 0 Å². The third-order valence-electron chi connectivity index (χ3n) is 4.19. The zero-order valence-electron chi connectivity index (χ0n) is 13.8. The first kappa shape index (κ1) is 18.3. The van der Waals surface area contributed by atoms with Gasteiger partial charge in [0.1, 0.15) is 4.49 Å². The second kappa shape index (κ2) is 8.20. The van der Waals surface area contributed by atoms with Crippen LogP contribution >= 0.6 is 23.2 Å². The summed E-state index contributed by atoms with van der Waals surface area (Å²) in [6, 6.07) is 0. The standard InChI is InChI=1S/C17H23Cl2NO3/c1-4-6-11-12-7-5-8-15(13(12)9-14(11)16(18)19)20-23-17(21)22-10(2)3/h10-11H,4-9H2,1-3H3. The second-order valence-electron chi connectivity index (χ2n) is 6.21. The summed E-state index contributed by atoms with van der Waals surface area (Å²) in [5, 5.41) is 4.04. The minimum Gasteiger partial charge on any atom is -0.430 e. The number of carbonyl (C=O) groups excluding carboxylic acids is 1. The van der Waals surface area contributed by atoms with Crippen molar-refractivity contribution in [1.82, 2.24) is 0 Å². The van der Waals surface area contributed by atoms with Gasteiger partial charge in [0.2, 0.25) is 0 Å². The van der Waals surface area contributed by atoms with Gasteiger partial charge in [-0.25, -0.2) is 4.79 Å². The summed E-state index contributed by atoms with van der Waals surface area (Å²) in [6.45, 7) is 5.68. The van der Waals surface area contributed by atoms with E-state index < -0.39 is 6.16 Å². The van der Waals surface area contributed by atoms with Crippen molar-refractivity contribution in [2.45, 2.75) is 65.4 Å². The predicted molar refractivity (Wildman–Crippen MR) is 92.8 cm³/mol. The largest absolute Gasteiger partial charge is 0.535 e. The van der Waals surface area contributed by atoms with Crippen LogP contribution in [-0.4, -0.2) is 18.0 Å². The van der Waals surface area contributed by atoms with E-state index in [1.807, 2.05) is 0 Å². The third-order valence-corrected chi connectivity index (χ3v) is 4.67. The zero-order chi connectivity index (χ0) is 17.0. The van der Waals surface area contributed by atoms with Crippen LogP contribution in [-0.2, 0) is 9.57 Å². The summed E-state index contributed by atoms with van der Waals surface area (Å²) < 4.78 is 5.29. The van der Waals surface area contributed by atoms with Gasteiger partial charge >= 0.3 is 6.16 Å². The first-order valence-corrected chi connectivity index (χ1v) is 8.90. The quantitative estimate of drug-likeness (QED) is 0.357. The molecule has 23 heavy (non-hydrogen) atoms. The van der Waals surface area contributed by atoms with Gasteiger partial charge in [-0.05, 0) is 57.1 Å². The highest BCUT2D eigenvalue weighted by atomic mass is 35.5. The van der Waals surface area contributed by atoms with Crippen molar-refractivity contribution in [2.75, 3.05) is 0 Å². The molecule has 0 aromatic heterocycles. The van der Waals surface area contributed by atoms with E-state index in [0.29, 0.717) is 16.8 Å². The van der Waals surface area contributed by atoms with Crippen molar-refractivity contribution < 1.29 is 14.4 Å². The summed E-state index contributed by atoms with van der Waals surface area (Å²) in [4.78, 5) is 16.4. The van der Waals surface area contributed by atoms with Crippen molar-refractivity contribution in [1.29, 1.82) is 0 Å². The molecule has 128 valence electrons. The molecule has 2 rings (SSSR count). The number of allylic oxidation sites excluding steroid dienone is 3. The Morgan fingerprint density at radius 1 is 1.35 bits per heavy atom. The van der Waals surface area contributed by atoms with E-state index in [1.165, 1.54) is 5.57 Å². The Kier molecular flexibility index (Phi) is 6.54. The lowest BCUT2D eigenvalue weighted by atomic mass is 9.86. The molecule has 0 spiro atoms. The first-order chi connectivity index (χ1) is 10.9. The minimum absolute atomic E-state index is 0.228. The Bertz CT molecular complexity index is 560. The van der Waals surface area contributed by atoms with Gasteiger partial charge in [0, 0.05) is 5.92 Å². The van der Waals surface area contributed by atoms with E-state index >= 15 is 0 Å². The number of rotatable bonds is 4. The van der Waals surface area contributed by atoms with Crippen LogP contribution in [0.5, 0.6) is 0 Å². The summed E-state index contributed by atoms with van der Waals surface area (Å²) in [5.41, 5.74) is 4.38. The van der Waals surface area contributed by atoms with Gasteiger partial charge < -0.3 is 4.74 Å². The minimum atomic E-state index is -0.769. The second-order valence-corrected chi connectivity index (χ2v) is 7.16. The van der Waals surface area contributed by atoms with Crippen LogP contribution in [0.1, 0.15) is 59.3 Å². The molecular formula is C17H23Cl2NO3. The maximum Gasteiger partial charge on any atom is 0.535 e. The summed E-state index contributed by atoms with van der Waals surface area (Å²) in [5.74, 6) is 0.299. The zero-order valence-corrected chi connectivity index (χ0v) is 15.3. The maximum absolute atomic E-state index is 11.5. The number of hydrogen-bond acceptors (Lipinski definition) is 4. The summed E-state index contributed by atoms with van der Waals surface area (Å²) in [6.07, 6.45) is 4.61. The molecule has 1 unspecified atom stereocenters. The van der Waals surface area contributed by atoms with Gasteiger partial charge in [0.05, 0.1) is 11.8 Å². The van der Waals surface area contributed by atoms with Crippen LogP contribution < -0.4 is 0 Å². The van der Waals surface area contributed by atoms with Crippen LogP contribution in [0.15, 0.2) is 26.4 Å². The molecule has 2 aliphatic carbocycles. The fourth-order valence-electron chi connectivity index (χ4n) is 3.30. The van der Waals surface area contributed by atoms with Crippen LogP contribution in [0.4, 0.5) is 4.79 Å². The SMILES string of the molecule is CCCC1C(=C(Cl)Cl)CC2=C1CCCC2=NOC(=O)OC(C)C. The number of nitrogens with zero attached hydrogens (tertiary/aromatic N) is 1.